The van der Waals surface area contributed by atoms with E-state index in [1.165, 1.54) is 10.4 Å². The van der Waals surface area contributed by atoms with Crippen molar-refractivity contribution in [1.29, 1.82) is 0 Å². The number of thiophene rings is 1. The third-order valence-corrected chi connectivity index (χ3v) is 7.50. The number of nitrogens with one attached hydrogen (secondary N) is 3. The number of hydrogen-bond acceptors (Lipinski definition) is 9. The molecule has 12 heteroatoms. The molecule has 194 valence electrons. The third kappa shape index (κ3) is 5.15. The number of aromatic amines is 1. The number of carbonyl (C=O) groups is 2. The van der Waals surface area contributed by atoms with Crippen molar-refractivity contribution < 1.29 is 19.1 Å². The second-order valence-electron chi connectivity index (χ2n) is 9.00. The zero-order valence-corrected chi connectivity index (χ0v) is 21.8. The number of anilines is 2. The lowest BCUT2D eigenvalue weighted by Crippen LogP contribution is -2.32. The van der Waals surface area contributed by atoms with Crippen LogP contribution in [-0.2, 0) is 22.4 Å². The molecular formula is C25H29N7O4S. The van der Waals surface area contributed by atoms with E-state index in [-0.39, 0.29) is 18.4 Å². The number of alkyl carbamates (subject to hydrolysis) is 1. The van der Waals surface area contributed by atoms with E-state index in [0.717, 1.165) is 46.1 Å². The Balaban J connectivity index is 1.42. The van der Waals surface area contributed by atoms with Crippen LogP contribution in [0.5, 0.6) is 5.75 Å². The minimum Gasteiger partial charge on any atom is -0.489 e. The van der Waals surface area contributed by atoms with Gasteiger partial charge in [0.1, 0.15) is 29.3 Å². The van der Waals surface area contributed by atoms with Crippen LogP contribution < -0.4 is 15.4 Å². The Bertz CT molecular complexity index is 1450. The minimum absolute atomic E-state index is 0.00773. The summed E-state index contributed by atoms with van der Waals surface area (Å²) in [5, 5.41) is 15.1. The van der Waals surface area contributed by atoms with Gasteiger partial charge in [-0.2, -0.15) is 5.10 Å². The average molecular weight is 524 g/mol. The smallest absolute Gasteiger partial charge is 0.407 e. The fourth-order valence-electron chi connectivity index (χ4n) is 4.59. The van der Waals surface area contributed by atoms with Crippen molar-refractivity contribution in [2.75, 3.05) is 39.2 Å². The molecule has 0 fully saturated rings. The molecule has 1 aromatic carbocycles. The fraction of sp³-hybridized carbons (Fsp3) is 0.400. The quantitative estimate of drug-likeness (QED) is 0.298. The summed E-state index contributed by atoms with van der Waals surface area (Å²) < 4.78 is 10.9. The molecule has 3 heterocycles. The maximum Gasteiger partial charge on any atom is 0.407 e. The van der Waals surface area contributed by atoms with Gasteiger partial charge in [0.05, 0.1) is 35.9 Å². The molecule has 1 aliphatic rings. The molecule has 1 aliphatic carbocycles. The second kappa shape index (κ2) is 10.6. The summed E-state index contributed by atoms with van der Waals surface area (Å²) in [6.45, 7) is 2.61. The number of hydrogen-bond donors (Lipinski definition) is 3. The molecule has 0 bridgehead atoms. The lowest BCUT2D eigenvalue weighted by atomic mass is 9.87. The minimum atomic E-state index is -0.478. The van der Waals surface area contributed by atoms with Crippen molar-refractivity contribution in [3.05, 3.63) is 35.1 Å². The van der Waals surface area contributed by atoms with Gasteiger partial charge in [0, 0.05) is 36.3 Å². The van der Waals surface area contributed by atoms with Gasteiger partial charge >= 0.3 is 6.09 Å². The zero-order valence-electron chi connectivity index (χ0n) is 21.0. The van der Waals surface area contributed by atoms with Crippen molar-refractivity contribution in [3.8, 4) is 5.75 Å². The number of H-pyrrole nitrogens is 1. The Labute approximate surface area is 217 Å². The molecule has 1 atom stereocenters. The normalized spacial score (nSPS) is 14.8. The zero-order chi connectivity index (χ0) is 25.9. The van der Waals surface area contributed by atoms with Crippen molar-refractivity contribution in [1.82, 2.24) is 30.4 Å². The number of ether oxygens (including phenoxy) is 2. The molecule has 11 nitrogen and oxygen atoms in total. The molecule has 4 aromatic rings. The van der Waals surface area contributed by atoms with Crippen molar-refractivity contribution in [3.63, 3.8) is 0 Å². The molecule has 0 radical (unpaired) electrons. The van der Waals surface area contributed by atoms with Gasteiger partial charge < -0.3 is 25.0 Å². The SMILES string of the molecule is CCOC(=O)NCCOc1cc2[nH]ncc2cc1Nc1ncnc2sc3c(c12)CC[C@H](C(=O)N(C)C)C3. The molecule has 3 aromatic heterocycles. The number of aromatic nitrogens is 4. The van der Waals surface area contributed by atoms with Crippen LogP contribution in [0, 0.1) is 5.92 Å². The summed E-state index contributed by atoms with van der Waals surface area (Å²) in [6.07, 6.45) is 5.13. The van der Waals surface area contributed by atoms with E-state index in [4.69, 9.17) is 9.47 Å². The number of fused-ring (bicyclic) bond motifs is 4. The summed E-state index contributed by atoms with van der Waals surface area (Å²) in [6, 6.07) is 3.82. The number of carbonyl (C=O) groups excluding carboxylic acids is 2. The number of rotatable bonds is 8. The Morgan fingerprint density at radius 1 is 1.27 bits per heavy atom. The number of amides is 2. The summed E-state index contributed by atoms with van der Waals surface area (Å²) in [5.74, 6) is 1.44. The van der Waals surface area contributed by atoms with Crippen molar-refractivity contribution in [2.24, 2.45) is 5.92 Å². The third-order valence-electron chi connectivity index (χ3n) is 6.33. The Morgan fingerprint density at radius 3 is 2.95 bits per heavy atom. The highest BCUT2D eigenvalue weighted by molar-refractivity contribution is 7.19. The van der Waals surface area contributed by atoms with Crippen LogP contribution in [-0.4, -0.2) is 70.9 Å². The number of nitrogens with zero attached hydrogens (tertiary/aromatic N) is 4. The standard InChI is InChI=1S/C25H29N7O4S/c1-4-35-25(34)26-7-8-36-19-11-17-15(12-29-31-17)9-18(19)30-22-21-16-6-5-14(24(33)32(2)3)10-20(16)37-23(21)28-13-27-22/h9,11-14H,4-8,10H2,1-3H3,(H,26,34)(H,29,31)(H,27,28,30)/t14-/m0/s1. The first-order chi connectivity index (χ1) is 17.9. The first-order valence-corrected chi connectivity index (χ1v) is 13.0. The summed E-state index contributed by atoms with van der Waals surface area (Å²) >= 11 is 1.63. The highest BCUT2D eigenvalue weighted by Crippen LogP contribution is 2.41. The molecule has 0 saturated carbocycles. The van der Waals surface area contributed by atoms with E-state index in [0.29, 0.717) is 24.7 Å². The van der Waals surface area contributed by atoms with Gasteiger partial charge in [0.25, 0.3) is 0 Å². The summed E-state index contributed by atoms with van der Waals surface area (Å²) in [7, 11) is 3.61. The lowest BCUT2D eigenvalue weighted by Gasteiger charge is -2.24. The van der Waals surface area contributed by atoms with Crippen LogP contribution in [0.25, 0.3) is 21.1 Å². The maximum absolute atomic E-state index is 12.6. The predicted octanol–water partition coefficient (Wildman–Crippen LogP) is 3.63. The molecule has 5 rings (SSSR count). The molecule has 0 aliphatic heterocycles. The van der Waals surface area contributed by atoms with Crippen molar-refractivity contribution in [2.45, 2.75) is 26.2 Å². The van der Waals surface area contributed by atoms with E-state index >= 15 is 0 Å². The van der Waals surface area contributed by atoms with E-state index in [9.17, 15) is 9.59 Å². The van der Waals surface area contributed by atoms with Gasteiger partial charge in [0.2, 0.25) is 5.91 Å². The van der Waals surface area contributed by atoms with Gasteiger partial charge in [-0.25, -0.2) is 14.8 Å². The molecule has 0 unspecified atom stereocenters. The Hall–Kier alpha value is -3.93. The van der Waals surface area contributed by atoms with Crippen LogP contribution in [0.2, 0.25) is 0 Å². The van der Waals surface area contributed by atoms with Crippen LogP contribution in [0.15, 0.2) is 24.7 Å². The van der Waals surface area contributed by atoms with E-state index in [1.54, 1.807) is 49.8 Å². The molecular weight excluding hydrogens is 494 g/mol. The molecule has 37 heavy (non-hydrogen) atoms. The Morgan fingerprint density at radius 2 is 2.14 bits per heavy atom. The van der Waals surface area contributed by atoms with Gasteiger partial charge in [-0.05, 0) is 37.8 Å². The summed E-state index contributed by atoms with van der Waals surface area (Å²) in [5.41, 5.74) is 2.76. The highest BCUT2D eigenvalue weighted by Gasteiger charge is 2.30. The van der Waals surface area contributed by atoms with Crippen LogP contribution in [0.1, 0.15) is 23.8 Å². The first-order valence-electron chi connectivity index (χ1n) is 12.2. The monoisotopic (exact) mass is 523 g/mol. The van der Waals surface area contributed by atoms with E-state index in [1.807, 2.05) is 12.1 Å². The van der Waals surface area contributed by atoms with Crippen molar-refractivity contribution >= 4 is 56.0 Å². The molecule has 0 spiro atoms. The van der Waals surface area contributed by atoms with Gasteiger partial charge in [-0.15, -0.1) is 11.3 Å². The Kier molecular flexibility index (Phi) is 7.08. The molecule has 3 N–H and O–H groups in total. The maximum atomic E-state index is 12.6. The van der Waals surface area contributed by atoms with E-state index in [2.05, 4.69) is 30.8 Å². The van der Waals surface area contributed by atoms with Gasteiger partial charge in [-0.1, -0.05) is 0 Å². The van der Waals surface area contributed by atoms with Gasteiger partial charge in [-0.3, -0.25) is 9.89 Å². The summed E-state index contributed by atoms with van der Waals surface area (Å²) in [4.78, 5) is 37.0. The second-order valence-corrected chi connectivity index (χ2v) is 10.1. The van der Waals surface area contributed by atoms with Crippen LogP contribution in [0.4, 0.5) is 16.3 Å². The first kappa shape index (κ1) is 24.8. The van der Waals surface area contributed by atoms with Crippen LogP contribution in [0.3, 0.4) is 0 Å². The highest BCUT2D eigenvalue weighted by atomic mass is 32.1. The largest absolute Gasteiger partial charge is 0.489 e. The molecule has 2 amide bonds. The predicted molar refractivity (Wildman–Crippen MR) is 142 cm³/mol. The fourth-order valence-corrected chi connectivity index (χ4v) is 5.86. The lowest BCUT2D eigenvalue weighted by molar-refractivity contribution is -0.133. The van der Waals surface area contributed by atoms with E-state index < -0.39 is 6.09 Å². The number of aryl methyl sites for hydroxylation is 1. The topological polar surface area (TPSA) is 134 Å². The number of benzene rings is 1. The van der Waals surface area contributed by atoms with Gasteiger partial charge in [0.15, 0.2) is 0 Å². The average Bonchev–Trinajstić information content (AvgIpc) is 3.50. The molecule has 0 saturated heterocycles. The van der Waals surface area contributed by atoms with Crippen LogP contribution >= 0.6 is 11.3 Å².